The summed E-state index contributed by atoms with van der Waals surface area (Å²) >= 11 is 0. The molecule has 1 aromatic carbocycles. The third-order valence-electron chi connectivity index (χ3n) is 4.33. The van der Waals surface area contributed by atoms with Crippen molar-refractivity contribution in [1.82, 2.24) is 15.5 Å². The first-order valence-electron chi connectivity index (χ1n) is 8.06. The van der Waals surface area contributed by atoms with Crippen LogP contribution in [0.5, 0.6) is 0 Å². The summed E-state index contributed by atoms with van der Waals surface area (Å²) in [6, 6.07) is 9.54. The fraction of sp³-hybridized carbons (Fsp3) is 0.647. The van der Waals surface area contributed by atoms with Gasteiger partial charge in [0.05, 0.1) is 0 Å². The Kier molecular flexibility index (Phi) is 6.51. The van der Waals surface area contributed by atoms with Crippen LogP contribution in [0.25, 0.3) is 0 Å². The summed E-state index contributed by atoms with van der Waals surface area (Å²) in [6.07, 6.45) is 2.50. The summed E-state index contributed by atoms with van der Waals surface area (Å²) in [6.45, 7) is 11.1. The summed E-state index contributed by atoms with van der Waals surface area (Å²) < 4.78 is 0. The number of rotatable bonds is 7. The van der Waals surface area contributed by atoms with E-state index in [4.69, 9.17) is 0 Å². The zero-order valence-electron chi connectivity index (χ0n) is 13.0. The van der Waals surface area contributed by atoms with Crippen molar-refractivity contribution in [3.05, 3.63) is 35.4 Å². The van der Waals surface area contributed by atoms with E-state index in [1.807, 2.05) is 0 Å². The van der Waals surface area contributed by atoms with Crippen LogP contribution in [0.15, 0.2) is 24.3 Å². The fourth-order valence-electron chi connectivity index (χ4n) is 2.85. The van der Waals surface area contributed by atoms with E-state index >= 15 is 0 Å². The summed E-state index contributed by atoms with van der Waals surface area (Å²) in [7, 11) is 0. The van der Waals surface area contributed by atoms with Crippen molar-refractivity contribution in [2.75, 3.05) is 26.2 Å². The molecule has 0 atom stereocenters. The van der Waals surface area contributed by atoms with Crippen LogP contribution < -0.4 is 10.6 Å². The van der Waals surface area contributed by atoms with E-state index in [1.54, 1.807) is 0 Å². The molecule has 1 aliphatic heterocycles. The predicted molar refractivity (Wildman–Crippen MR) is 85.8 cm³/mol. The Morgan fingerprint density at radius 1 is 1.10 bits per heavy atom. The van der Waals surface area contributed by atoms with Gasteiger partial charge in [-0.1, -0.05) is 38.1 Å². The summed E-state index contributed by atoms with van der Waals surface area (Å²) in [5.74, 6) is 0. The minimum atomic E-state index is 0.678. The maximum atomic E-state index is 3.73. The van der Waals surface area contributed by atoms with Gasteiger partial charge in [0.25, 0.3) is 0 Å². The summed E-state index contributed by atoms with van der Waals surface area (Å²) in [5, 5.41) is 7.15. The molecule has 112 valence electrons. The molecule has 0 radical (unpaired) electrons. The smallest absolute Gasteiger partial charge is 0.0236 e. The van der Waals surface area contributed by atoms with Crippen LogP contribution in [-0.2, 0) is 13.1 Å². The van der Waals surface area contributed by atoms with Crippen LogP contribution in [-0.4, -0.2) is 37.1 Å². The number of benzene rings is 1. The van der Waals surface area contributed by atoms with E-state index in [0.29, 0.717) is 6.04 Å². The Hall–Kier alpha value is -0.900. The molecule has 20 heavy (non-hydrogen) atoms. The Morgan fingerprint density at radius 3 is 2.40 bits per heavy atom. The SMILES string of the molecule is CCN(CC)Cc1ccccc1CNC1CCNCC1. The standard InChI is InChI=1S/C17H29N3/c1-3-20(4-2)14-16-8-6-5-7-15(16)13-19-17-9-11-18-12-10-17/h5-8,17-19H,3-4,9-14H2,1-2H3. The zero-order valence-corrected chi connectivity index (χ0v) is 13.0. The highest BCUT2D eigenvalue weighted by molar-refractivity contribution is 5.27. The van der Waals surface area contributed by atoms with Crippen LogP contribution in [0.3, 0.4) is 0 Å². The van der Waals surface area contributed by atoms with Gasteiger partial charge in [0.2, 0.25) is 0 Å². The number of nitrogens with zero attached hydrogens (tertiary/aromatic N) is 1. The molecule has 1 aromatic rings. The molecule has 0 amide bonds. The molecule has 0 bridgehead atoms. The van der Waals surface area contributed by atoms with Crippen molar-refractivity contribution in [1.29, 1.82) is 0 Å². The summed E-state index contributed by atoms with van der Waals surface area (Å²) in [4.78, 5) is 2.48. The van der Waals surface area contributed by atoms with Crippen molar-refractivity contribution in [3.63, 3.8) is 0 Å². The third-order valence-corrected chi connectivity index (χ3v) is 4.33. The lowest BCUT2D eigenvalue weighted by Crippen LogP contribution is -2.39. The van der Waals surface area contributed by atoms with Crippen LogP contribution in [0.4, 0.5) is 0 Å². The molecule has 0 aromatic heterocycles. The highest BCUT2D eigenvalue weighted by Crippen LogP contribution is 2.13. The van der Waals surface area contributed by atoms with E-state index in [1.165, 1.54) is 24.0 Å². The minimum absolute atomic E-state index is 0.678. The molecule has 1 aliphatic rings. The van der Waals surface area contributed by atoms with Gasteiger partial charge in [-0.05, 0) is 50.1 Å². The Morgan fingerprint density at radius 2 is 1.75 bits per heavy atom. The predicted octanol–water partition coefficient (Wildman–Crippen LogP) is 2.37. The first kappa shape index (κ1) is 15.5. The van der Waals surface area contributed by atoms with Gasteiger partial charge >= 0.3 is 0 Å². The van der Waals surface area contributed by atoms with Crippen molar-refractivity contribution in [2.24, 2.45) is 0 Å². The molecule has 1 fully saturated rings. The number of nitrogens with one attached hydrogen (secondary N) is 2. The van der Waals surface area contributed by atoms with Crippen molar-refractivity contribution in [3.8, 4) is 0 Å². The number of piperidine rings is 1. The van der Waals surface area contributed by atoms with Crippen LogP contribution in [0, 0.1) is 0 Å². The first-order valence-corrected chi connectivity index (χ1v) is 8.06. The topological polar surface area (TPSA) is 27.3 Å². The van der Waals surface area contributed by atoms with Crippen LogP contribution >= 0.6 is 0 Å². The maximum absolute atomic E-state index is 3.73. The molecule has 3 nitrogen and oxygen atoms in total. The minimum Gasteiger partial charge on any atom is -0.317 e. The van der Waals surface area contributed by atoms with Crippen molar-refractivity contribution in [2.45, 2.75) is 45.8 Å². The van der Waals surface area contributed by atoms with Crippen molar-refractivity contribution < 1.29 is 0 Å². The van der Waals surface area contributed by atoms with E-state index < -0.39 is 0 Å². The monoisotopic (exact) mass is 275 g/mol. The third kappa shape index (κ3) is 4.58. The second kappa shape index (κ2) is 8.40. The van der Waals surface area contributed by atoms with Gasteiger partial charge in [-0.25, -0.2) is 0 Å². The first-order chi connectivity index (χ1) is 9.83. The lowest BCUT2D eigenvalue weighted by atomic mass is 10.0. The Balaban J connectivity index is 1.92. The number of hydrogen-bond donors (Lipinski definition) is 2. The van der Waals surface area contributed by atoms with Gasteiger partial charge in [0.15, 0.2) is 0 Å². The molecule has 0 saturated carbocycles. The quantitative estimate of drug-likeness (QED) is 0.800. The molecule has 0 unspecified atom stereocenters. The fourth-order valence-corrected chi connectivity index (χ4v) is 2.85. The van der Waals surface area contributed by atoms with E-state index in [0.717, 1.165) is 39.3 Å². The largest absolute Gasteiger partial charge is 0.317 e. The highest BCUT2D eigenvalue weighted by atomic mass is 15.1. The molecule has 3 heteroatoms. The van der Waals surface area contributed by atoms with Crippen molar-refractivity contribution >= 4 is 0 Å². The normalized spacial score (nSPS) is 16.8. The molecule has 1 heterocycles. The van der Waals surface area contributed by atoms with Gasteiger partial charge in [-0.15, -0.1) is 0 Å². The molecular weight excluding hydrogens is 246 g/mol. The molecule has 1 saturated heterocycles. The van der Waals surface area contributed by atoms with E-state index in [2.05, 4.69) is 53.6 Å². The van der Waals surface area contributed by atoms with E-state index in [9.17, 15) is 0 Å². The van der Waals surface area contributed by atoms with Gasteiger partial charge in [-0.3, -0.25) is 4.90 Å². The maximum Gasteiger partial charge on any atom is 0.0236 e. The van der Waals surface area contributed by atoms with Gasteiger partial charge in [-0.2, -0.15) is 0 Å². The molecular formula is C17H29N3. The van der Waals surface area contributed by atoms with Gasteiger partial charge in [0.1, 0.15) is 0 Å². The molecule has 0 spiro atoms. The van der Waals surface area contributed by atoms with Gasteiger partial charge in [0, 0.05) is 19.1 Å². The summed E-state index contributed by atoms with van der Waals surface area (Å²) in [5.41, 5.74) is 2.93. The Bertz CT molecular complexity index is 382. The molecule has 0 aliphatic carbocycles. The Labute approximate surface area is 123 Å². The van der Waals surface area contributed by atoms with Gasteiger partial charge < -0.3 is 10.6 Å². The zero-order chi connectivity index (χ0) is 14.2. The second-order valence-electron chi connectivity index (χ2n) is 5.64. The molecule has 2 N–H and O–H groups in total. The average Bonchev–Trinajstić information content (AvgIpc) is 2.52. The average molecular weight is 275 g/mol. The lowest BCUT2D eigenvalue weighted by molar-refractivity contribution is 0.294. The lowest BCUT2D eigenvalue weighted by Gasteiger charge is -2.25. The molecule has 2 rings (SSSR count). The highest BCUT2D eigenvalue weighted by Gasteiger charge is 2.13. The number of hydrogen-bond acceptors (Lipinski definition) is 3. The second-order valence-corrected chi connectivity index (χ2v) is 5.64. The van der Waals surface area contributed by atoms with E-state index in [-0.39, 0.29) is 0 Å². The van der Waals surface area contributed by atoms with Crippen LogP contribution in [0.2, 0.25) is 0 Å². The van der Waals surface area contributed by atoms with Crippen LogP contribution in [0.1, 0.15) is 37.8 Å².